The van der Waals surface area contributed by atoms with Crippen LogP contribution in [0.4, 0.5) is 17.2 Å². The Bertz CT molecular complexity index is 866. The highest BCUT2D eigenvalue weighted by Crippen LogP contribution is 2.20. The van der Waals surface area contributed by atoms with Crippen LogP contribution in [0.1, 0.15) is 13.3 Å². The van der Waals surface area contributed by atoms with E-state index in [4.69, 9.17) is 9.47 Å². The van der Waals surface area contributed by atoms with E-state index in [0.717, 1.165) is 22.9 Å². The van der Waals surface area contributed by atoms with Crippen LogP contribution in [0.2, 0.25) is 0 Å². The van der Waals surface area contributed by atoms with E-state index >= 15 is 0 Å². The average Bonchev–Trinajstić information content (AvgIpc) is 2.72. The molecular formula is C22H23N3O3. The number of hydrogen-bond acceptors (Lipinski definition) is 5. The van der Waals surface area contributed by atoms with Crippen molar-refractivity contribution in [3.8, 4) is 11.5 Å². The van der Waals surface area contributed by atoms with E-state index in [-0.39, 0.29) is 12.3 Å². The lowest BCUT2D eigenvalue weighted by Crippen LogP contribution is -2.15. The standard InChI is InChI=1S/C22H23N3O3/c1-2-27-20-11-8-17(9-12-20)24-18-10-13-21(23-16-18)25-22(26)14-15-28-19-6-4-3-5-7-19/h3-13,16,24H,2,14-15H2,1H3,(H,23,25,26). The third-order valence-corrected chi connectivity index (χ3v) is 3.83. The second-order valence-electron chi connectivity index (χ2n) is 5.97. The third-order valence-electron chi connectivity index (χ3n) is 3.83. The molecule has 144 valence electrons. The predicted octanol–water partition coefficient (Wildman–Crippen LogP) is 4.63. The van der Waals surface area contributed by atoms with Gasteiger partial charge in [0.2, 0.25) is 5.91 Å². The number of aromatic nitrogens is 1. The molecule has 2 N–H and O–H groups in total. The average molecular weight is 377 g/mol. The SMILES string of the molecule is CCOc1ccc(Nc2ccc(NC(=O)CCOc3ccccc3)nc2)cc1. The molecule has 0 aliphatic heterocycles. The zero-order chi connectivity index (χ0) is 19.6. The molecule has 0 atom stereocenters. The fourth-order valence-electron chi connectivity index (χ4n) is 2.49. The molecular weight excluding hydrogens is 354 g/mol. The summed E-state index contributed by atoms with van der Waals surface area (Å²) >= 11 is 0. The lowest BCUT2D eigenvalue weighted by Gasteiger charge is -2.09. The van der Waals surface area contributed by atoms with Crippen LogP contribution in [-0.4, -0.2) is 24.1 Å². The van der Waals surface area contributed by atoms with E-state index in [2.05, 4.69) is 15.6 Å². The minimum atomic E-state index is -0.143. The Kier molecular flexibility index (Phi) is 6.84. The van der Waals surface area contributed by atoms with Crippen molar-refractivity contribution in [1.29, 1.82) is 0 Å². The zero-order valence-corrected chi connectivity index (χ0v) is 15.7. The van der Waals surface area contributed by atoms with Gasteiger partial charge in [-0.2, -0.15) is 0 Å². The third kappa shape index (κ3) is 6.02. The quantitative estimate of drug-likeness (QED) is 0.569. The van der Waals surface area contributed by atoms with E-state index in [1.165, 1.54) is 0 Å². The van der Waals surface area contributed by atoms with E-state index < -0.39 is 0 Å². The molecule has 6 heteroatoms. The van der Waals surface area contributed by atoms with Crippen LogP contribution in [0.15, 0.2) is 72.9 Å². The zero-order valence-electron chi connectivity index (χ0n) is 15.7. The van der Waals surface area contributed by atoms with Gasteiger partial charge in [-0.05, 0) is 55.5 Å². The van der Waals surface area contributed by atoms with Gasteiger partial charge >= 0.3 is 0 Å². The molecule has 1 amide bonds. The number of carbonyl (C=O) groups excluding carboxylic acids is 1. The number of nitrogens with one attached hydrogen (secondary N) is 2. The van der Waals surface area contributed by atoms with Crippen molar-refractivity contribution in [2.75, 3.05) is 23.8 Å². The van der Waals surface area contributed by atoms with Crippen LogP contribution in [0, 0.1) is 0 Å². The Balaban J connectivity index is 1.45. The lowest BCUT2D eigenvalue weighted by atomic mass is 10.3. The van der Waals surface area contributed by atoms with Crippen LogP contribution >= 0.6 is 0 Å². The summed E-state index contributed by atoms with van der Waals surface area (Å²) in [6.45, 7) is 2.91. The first kappa shape index (κ1) is 19.2. The highest BCUT2D eigenvalue weighted by atomic mass is 16.5. The summed E-state index contributed by atoms with van der Waals surface area (Å²) in [5.41, 5.74) is 1.76. The number of carbonyl (C=O) groups is 1. The van der Waals surface area contributed by atoms with Crippen LogP contribution < -0.4 is 20.1 Å². The molecule has 2 aromatic carbocycles. The van der Waals surface area contributed by atoms with Crippen LogP contribution in [-0.2, 0) is 4.79 Å². The summed E-state index contributed by atoms with van der Waals surface area (Å²) in [7, 11) is 0. The summed E-state index contributed by atoms with van der Waals surface area (Å²) < 4.78 is 11.0. The molecule has 0 aliphatic carbocycles. The molecule has 6 nitrogen and oxygen atoms in total. The van der Waals surface area contributed by atoms with Gasteiger partial charge in [-0.3, -0.25) is 4.79 Å². The van der Waals surface area contributed by atoms with Crippen LogP contribution in [0.25, 0.3) is 0 Å². The molecule has 0 spiro atoms. The summed E-state index contributed by atoms with van der Waals surface area (Å²) in [4.78, 5) is 16.3. The Morgan fingerprint density at radius 3 is 2.29 bits per heavy atom. The molecule has 28 heavy (non-hydrogen) atoms. The van der Waals surface area contributed by atoms with Gasteiger partial charge in [0.05, 0.1) is 31.5 Å². The summed E-state index contributed by atoms with van der Waals surface area (Å²) in [6.07, 6.45) is 1.93. The molecule has 0 saturated heterocycles. The van der Waals surface area contributed by atoms with E-state index in [9.17, 15) is 4.79 Å². The van der Waals surface area contributed by atoms with Crippen molar-refractivity contribution in [3.05, 3.63) is 72.9 Å². The van der Waals surface area contributed by atoms with Gasteiger partial charge in [-0.1, -0.05) is 18.2 Å². The first-order valence-corrected chi connectivity index (χ1v) is 9.16. The monoisotopic (exact) mass is 377 g/mol. The summed E-state index contributed by atoms with van der Waals surface area (Å²) in [5.74, 6) is 1.94. The van der Waals surface area contributed by atoms with Gasteiger partial charge in [0.25, 0.3) is 0 Å². The Hall–Kier alpha value is -3.54. The van der Waals surface area contributed by atoms with Crippen LogP contribution in [0.3, 0.4) is 0 Å². The second kappa shape index (κ2) is 9.97. The van der Waals surface area contributed by atoms with Crippen molar-refractivity contribution in [3.63, 3.8) is 0 Å². The van der Waals surface area contributed by atoms with Gasteiger partial charge in [0.15, 0.2) is 0 Å². The molecule has 0 saturated carbocycles. The largest absolute Gasteiger partial charge is 0.494 e. The molecule has 1 heterocycles. The fraction of sp³-hybridized carbons (Fsp3) is 0.182. The predicted molar refractivity (Wildman–Crippen MR) is 110 cm³/mol. The fourth-order valence-corrected chi connectivity index (χ4v) is 2.49. The highest BCUT2D eigenvalue weighted by Gasteiger charge is 2.04. The number of para-hydroxylation sites is 1. The molecule has 0 fully saturated rings. The first-order valence-electron chi connectivity index (χ1n) is 9.16. The molecule has 0 unspecified atom stereocenters. The number of pyridine rings is 1. The highest BCUT2D eigenvalue weighted by molar-refractivity contribution is 5.89. The summed E-state index contributed by atoms with van der Waals surface area (Å²) in [5, 5.41) is 6.02. The Morgan fingerprint density at radius 2 is 1.61 bits per heavy atom. The maximum Gasteiger partial charge on any atom is 0.228 e. The molecule has 1 aromatic heterocycles. The minimum absolute atomic E-state index is 0.143. The van der Waals surface area contributed by atoms with Crippen molar-refractivity contribution < 1.29 is 14.3 Å². The lowest BCUT2D eigenvalue weighted by molar-refractivity contribution is -0.116. The Labute approximate surface area is 164 Å². The number of ether oxygens (including phenoxy) is 2. The number of anilines is 3. The van der Waals surface area contributed by atoms with E-state index in [1.807, 2.05) is 67.6 Å². The number of benzene rings is 2. The van der Waals surface area contributed by atoms with Gasteiger partial charge in [-0.15, -0.1) is 0 Å². The maximum absolute atomic E-state index is 12.0. The molecule has 3 rings (SSSR count). The minimum Gasteiger partial charge on any atom is -0.494 e. The normalized spacial score (nSPS) is 10.2. The molecule has 0 radical (unpaired) electrons. The number of amides is 1. The first-order chi connectivity index (χ1) is 13.7. The Morgan fingerprint density at radius 1 is 0.893 bits per heavy atom. The number of nitrogens with zero attached hydrogens (tertiary/aromatic N) is 1. The van der Waals surface area contributed by atoms with Gasteiger partial charge in [0, 0.05) is 5.69 Å². The van der Waals surface area contributed by atoms with Crippen molar-refractivity contribution >= 4 is 23.1 Å². The van der Waals surface area contributed by atoms with Gasteiger partial charge in [0.1, 0.15) is 17.3 Å². The van der Waals surface area contributed by atoms with Gasteiger partial charge < -0.3 is 20.1 Å². The molecule has 0 aliphatic rings. The van der Waals surface area contributed by atoms with Crippen molar-refractivity contribution in [2.45, 2.75) is 13.3 Å². The molecule has 0 bridgehead atoms. The van der Waals surface area contributed by atoms with Crippen LogP contribution in [0.5, 0.6) is 11.5 Å². The maximum atomic E-state index is 12.0. The summed E-state index contributed by atoms with van der Waals surface area (Å²) in [6, 6.07) is 20.7. The topological polar surface area (TPSA) is 72.5 Å². The van der Waals surface area contributed by atoms with E-state index in [0.29, 0.717) is 19.0 Å². The smallest absolute Gasteiger partial charge is 0.228 e. The number of rotatable bonds is 9. The number of hydrogen-bond donors (Lipinski definition) is 2. The van der Waals surface area contributed by atoms with Crippen molar-refractivity contribution in [1.82, 2.24) is 4.98 Å². The molecule has 3 aromatic rings. The van der Waals surface area contributed by atoms with E-state index in [1.54, 1.807) is 12.3 Å². The second-order valence-corrected chi connectivity index (χ2v) is 5.97. The van der Waals surface area contributed by atoms with Gasteiger partial charge in [-0.25, -0.2) is 4.98 Å². The van der Waals surface area contributed by atoms with Crippen molar-refractivity contribution in [2.24, 2.45) is 0 Å².